The first kappa shape index (κ1) is 8.88. The average Bonchev–Trinajstić information content (AvgIpc) is 1.84. The quantitative estimate of drug-likeness (QED) is 0.526. The summed E-state index contributed by atoms with van der Waals surface area (Å²) in [7, 11) is 1.84. The van der Waals surface area contributed by atoms with Gasteiger partial charge in [-0.15, -0.1) is 0 Å². The van der Waals surface area contributed by atoms with Gasteiger partial charge in [-0.3, -0.25) is 5.32 Å². The van der Waals surface area contributed by atoms with Crippen LogP contribution < -0.4 is 11.1 Å². The first-order chi connectivity index (χ1) is 4.12. The molecule has 0 aliphatic rings. The molecule has 3 heteroatoms. The van der Waals surface area contributed by atoms with Gasteiger partial charge >= 0.3 is 0 Å². The fourth-order valence-electron chi connectivity index (χ4n) is 0.326. The van der Waals surface area contributed by atoms with Gasteiger partial charge < -0.3 is 10.5 Å². The molecule has 0 heterocycles. The molecule has 3 N–H and O–H groups in total. The molecule has 0 fully saturated rings. The van der Waals surface area contributed by atoms with Crippen LogP contribution in [-0.2, 0) is 4.74 Å². The van der Waals surface area contributed by atoms with Crippen molar-refractivity contribution in [3.63, 3.8) is 0 Å². The van der Waals surface area contributed by atoms with Gasteiger partial charge in [-0.1, -0.05) is 0 Å². The zero-order valence-corrected chi connectivity index (χ0v) is 6.40. The Bertz CT molecular complexity index is 73.5. The summed E-state index contributed by atoms with van der Waals surface area (Å²) in [5, 5.41) is 2.88. The minimum absolute atomic E-state index is 0.191. The fraction of sp³-hybridized carbons (Fsp3) is 1.00. The van der Waals surface area contributed by atoms with Gasteiger partial charge in [0.05, 0.1) is 12.3 Å². The first-order valence-corrected chi connectivity index (χ1v) is 3.11. The number of nitrogens with two attached hydrogens (primary N) is 1. The number of hydrogen-bond donors (Lipinski definition) is 2. The lowest BCUT2D eigenvalue weighted by Crippen LogP contribution is -2.36. The van der Waals surface area contributed by atoms with Crippen LogP contribution in [0.4, 0.5) is 0 Å². The van der Waals surface area contributed by atoms with Gasteiger partial charge in [-0.25, -0.2) is 0 Å². The first-order valence-electron chi connectivity index (χ1n) is 3.11. The molecule has 0 atom stereocenters. The zero-order chi connectivity index (χ0) is 7.33. The Morgan fingerprint density at radius 2 is 2.11 bits per heavy atom. The lowest BCUT2D eigenvalue weighted by atomic mass is 10.1. The summed E-state index contributed by atoms with van der Waals surface area (Å²) in [4.78, 5) is 0. The summed E-state index contributed by atoms with van der Waals surface area (Å²) >= 11 is 0. The van der Waals surface area contributed by atoms with E-state index in [9.17, 15) is 0 Å². The predicted molar refractivity (Wildman–Crippen MR) is 38.1 cm³/mol. The van der Waals surface area contributed by atoms with Crippen molar-refractivity contribution in [2.75, 3.05) is 20.3 Å². The molecule has 0 rings (SSSR count). The van der Waals surface area contributed by atoms with E-state index in [0.29, 0.717) is 13.3 Å². The largest absolute Gasteiger partial charge is 0.359 e. The fourth-order valence-corrected chi connectivity index (χ4v) is 0.326. The zero-order valence-electron chi connectivity index (χ0n) is 6.40. The van der Waals surface area contributed by atoms with E-state index in [0.717, 1.165) is 0 Å². The van der Waals surface area contributed by atoms with Crippen molar-refractivity contribution in [3.05, 3.63) is 0 Å². The van der Waals surface area contributed by atoms with Crippen LogP contribution in [0.25, 0.3) is 0 Å². The molecule has 56 valence electrons. The maximum absolute atomic E-state index is 5.39. The van der Waals surface area contributed by atoms with E-state index >= 15 is 0 Å². The van der Waals surface area contributed by atoms with Crippen molar-refractivity contribution in [3.8, 4) is 0 Å². The molecule has 0 aliphatic carbocycles. The van der Waals surface area contributed by atoms with Gasteiger partial charge in [0.15, 0.2) is 0 Å². The maximum Gasteiger partial charge on any atom is 0.0970 e. The summed E-state index contributed by atoms with van der Waals surface area (Å²) < 4.78 is 5.29. The van der Waals surface area contributed by atoms with Crippen LogP contribution in [0.3, 0.4) is 0 Å². The summed E-state index contributed by atoms with van der Waals surface area (Å²) in [6.45, 7) is 5.04. The third-order valence-corrected chi connectivity index (χ3v) is 1.10. The van der Waals surface area contributed by atoms with E-state index in [1.165, 1.54) is 0 Å². The number of nitrogens with one attached hydrogen (secondary N) is 1. The predicted octanol–water partition coefficient (Wildman–Crippen LogP) is -0.0828. The minimum Gasteiger partial charge on any atom is -0.359 e. The van der Waals surface area contributed by atoms with E-state index in [2.05, 4.69) is 5.32 Å². The van der Waals surface area contributed by atoms with Gasteiger partial charge in [0.1, 0.15) is 0 Å². The van der Waals surface area contributed by atoms with Crippen LogP contribution in [0.1, 0.15) is 13.8 Å². The van der Waals surface area contributed by atoms with Crippen molar-refractivity contribution in [2.24, 2.45) is 5.73 Å². The maximum atomic E-state index is 5.39. The normalized spacial score (nSPS) is 12.0. The van der Waals surface area contributed by atoms with Crippen molar-refractivity contribution < 1.29 is 4.74 Å². The Morgan fingerprint density at radius 3 is 2.44 bits per heavy atom. The van der Waals surface area contributed by atoms with E-state index in [-0.39, 0.29) is 5.60 Å². The molecule has 0 saturated heterocycles. The molecule has 0 aromatic rings. The molecule has 0 amide bonds. The second kappa shape index (κ2) is 3.82. The molecule has 0 aromatic carbocycles. The SMILES string of the molecule is CNCOC(C)(C)CN. The van der Waals surface area contributed by atoms with Crippen LogP contribution in [-0.4, -0.2) is 25.9 Å². The summed E-state index contributed by atoms with van der Waals surface area (Å²) in [5.74, 6) is 0. The molecule has 0 bridgehead atoms. The van der Waals surface area contributed by atoms with Gasteiger partial charge in [0.2, 0.25) is 0 Å². The average molecular weight is 132 g/mol. The van der Waals surface area contributed by atoms with Crippen LogP contribution in [0.2, 0.25) is 0 Å². The summed E-state index contributed by atoms with van der Waals surface area (Å²) in [5.41, 5.74) is 5.20. The highest BCUT2D eigenvalue weighted by molar-refractivity contribution is 4.67. The Labute approximate surface area is 56.6 Å². The van der Waals surface area contributed by atoms with Crippen LogP contribution in [0.5, 0.6) is 0 Å². The molecule has 0 unspecified atom stereocenters. The van der Waals surface area contributed by atoms with Crippen LogP contribution in [0, 0.1) is 0 Å². The highest BCUT2D eigenvalue weighted by atomic mass is 16.5. The highest BCUT2D eigenvalue weighted by Crippen LogP contribution is 2.03. The second-order valence-electron chi connectivity index (χ2n) is 2.61. The molecule has 0 radical (unpaired) electrons. The molecule has 0 aromatic heterocycles. The van der Waals surface area contributed by atoms with Crippen molar-refractivity contribution in [1.82, 2.24) is 5.32 Å². The highest BCUT2D eigenvalue weighted by Gasteiger charge is 2.14. The Hall–Kier alpha value is -0.120. The van der Waals surface area contributed by atoms with E-state index in [1.807, 2.05) is 20.9 Å². The van der Waals surface area contributed by atoms with Gasteiger partial charge in [-0.05, 0) is 20.9 Å². The summed E-state index contributed by atoms with van der Waals surface area (Å²) in [6.07, 6.45) is 0. The van der Waals surface area contributed by atoms with Crippen molar-refractivity contribution in [2.45, 2.75) is 19.4 Å². The Balaban J connectivity index is 3.33. The Kier molecular flexibility index (Phi) is 3.77. The molecule has 9 heavy (non-hydrogen) atoms. The second-order valence-corrected chi connectivity index (χ2v) is 2.61. The van der Waals surface area contributed by atoms with Crippen LogP contribution in [0.15, 0.2) is 0 Å². The lowest BCUT2D eigenvalue weighted by Gasteiger charge is -2.22. The molecule has 0 spiro atoms. The van der Waals surface area contributed by atoms with E-state index in [4.69, 9.17) is 10.5 Å². The minimum atomic E-state index is -0.191. The smallest absolute Gasteiger partial charge is 0.0970 e. The standard InChI is InChI=1S/C6H16N2O/c1-6(2,4-7)9-5-8-3/h8H,4-5,7H2,1-3H3. The van der Waals surface area contributed by atoms with Gasteiger partial charge in [0.25, 0.3) is 0 Å². The Morgan fingerprint density at radius 1 is 1.56 bits per heavy atom. The molecule has 0 saturated carbocycles. The van der Waals surface area contributed by atoms with E-state index in [1.54, 1.807) is 0 Å². The van der Waals surface area contributed by atoms with Crippen molar-refractivity contribution >= 4 is 0 Å². The summed E-state index contributed by atoms with van der Waals surface area (Å²) in [6, 6.07) is 0. The molecular weight excluding hydrogens is 116 g/mol. The van der Waals surface area contributed by atoms with Gasteiger partial charge in [0, 0.05) is 6.54 Å². The lowest BCUT2D eigenvalue weighted by molar-refractivity contribution is -0.0176. The molecular formula is C6H16N2O. The van der Waals surface area contributed by atoms with Crippen molar-refractivity contribution in [1.29, 1.82) is 0 Å². The number of rotatable bonds is 4. The third-order valence-electron chi connectivity index (χ3n) is 1.10. The topological polar surface area (TPSA) is 47.3 Å². The number of ether oxygens (including phenoxy) is 1. The van der Waals surface area contributed by atoms with Gasteiger partial charge in [-0.2, -0.15) is 0 Å². The third kappa shape index (κ3) is 4.39. The van der Waals surface area contributed by atoms with Crippen LogP contribution >= 0.6 is 0 Å². The molecule has 3 nitrogen and oxygen atoms in total. The number of hydrogen-bond acceptors (Lipinski definition) is 3. The monoisotopic (exact) mass is 132 g/mol. The van der Waals surface area contributed by atoms with E-state index < -0.39 is 0 Å². The molecule has 0 aliphatic heterocycles.